The van der Waals surface area contributed by atoms with E-state index in [0.717, 1.165) is 50.8 Å². The standard InChI is InChI=1S/2C8H10.C7H11NO.C6H14O.C6H12.C5H12.C4H10.C3H8O.7C2H6.9CH2O.9H3N.4H2/c2*1-2-8-6-4-3-5-7-8;1-7(9)8-5-3-2-4-6-8;1-5-7-6(2,3)4;1-3-5-6-4-2;1-4-5(2)3;1-4(2)3;1-3(2)4;16*1-2;;;;;;;;;;;;;/h2*3-7H,2H2,1H3;2-3H,4-6H2,1H3;5H2,1-4H3;5-6H,3-4H2,1-2H3;5H,4H2,1-3H3;4H,1-3H3;3-4H,1-2H3;7*1-2H3;9*1H2;9*1H3;4*1H/b;;;;6-5-;;;;;;;;;;;;;;;;;;;;;;;;;;;;;;;;. The Morgan fingerprint density at radius 1 is 0.467 bits per heavy atom. The molecular weight excluding hydrogens is 1170 g/mol. The van der Waals surface area contributed by atoms with Gasteiger partial charge >= 0.3 is 0 Å². The minimum atomic E-state index is -0.167. The highest BCUT2D eigenvalue weighted by Crippen LogP contribution is 2.04. The smallest absolute Gasteiger partial charge is 0.219 e. The van der Waals surface area contributed by atoms with Crippen LogP contribution in [0.15, 0.2) is 85.0 Å². The van der Waals surface area contributed by atoms with Crippen molar-refractivity contribution in [2.45, 2.75) is 265 Å². The van der Waals surface area contributed by atoms with E-state index >= 15 is 0 Å². The van der Waals surface area contributed by atoms with E-state index < -0.39 is 0 Å². The molecule has 22 heteroatoms. The molecule has 0 bridgehead atoms. The number of carbonyl (C=O) groups is 10. The molecule has 0 unspecified atom stereocenters. The van der Waals surface area contributed by atoms with E-state index in [2.05, 4.69) is 157 Å². The molecule has 1 heterocycles. The van der Waals surface area contributed by atoms with E-state index in [1.165, 1.54) is 30.4 Å². The maximum absolute atomic E-state index is 10.7. The molecule has 1 aliphatic heterocycles. The molecule has 0 aliphatic carbocycles. The fraction of sp³-hybridized carbons (Fsp3) is 0.629. The van der Waals surface area contributed by atoms with Crippen molar-refractivity contribution < 1.29 is 63.5 Å². The number of rotatable bonds is 6. The van der Waals surface area contributed by atoms with E-state index in [-0.39, 0.29) is 78.7 Å². The summed E-state index contributed by atoms with van der Waals surface area (Å²) in [6.45, 7) is 83.5. The molecule has 3 rings (SSSR count). The first kappa shape index (κ1) is 198. The summed E-state index contributed by atoms with van der Waals surface area (Å²) in [4.78, 5) is 84.5. The number of benzene rings is 2. The van der Waals surface area contributed by atoms with Gasteiger partial charge in [-0.15, -0.1) is 0 Å². The van der Waals surface area contributed by atoms with Crippen LogP contribution in [0.4, 0.5) is 0 Å². The second kappa shape index (κ2) is 296. The zero-order valence-electron chi connectivity index (χ0n) is 67.3. The van der Waals surface area contributed by atoms with Gasteiger partial charge in [-0.2, -0.15) is 0 Å². The molecule has 1 amide bonds. The summed E-state index contributed by atoms with van der Waals surface area (Å²) in [5, 5.41) is 8.06. The summed E-state index contributed by atoms with van der Waals surface area (Å²) in [5.41, 5.74) is 2.87. The average molecular weight is 1360 g/mol. The van der Waals surface area contributed by atoms with E-state index in [1.54, 1.807) is 20.8 Å². The maximum Gasteiger partial charge on any atom is 0.219 e. The molecule has 0 spiro atoms. The van der Waals surface area contributed by atoms with Crippen molar-refractivity contribution >= 4 is 67.0 Å². The average Bonchev–Trinajstić information content (AvgIpc) is 3.57. The Balaban J connectivity index is -0.0000000133. The topological polar surface area (TPSA) is 518 Å². The van der Waals surface area contributed by atoms with Crippen molar-refractivity contribution in [3.63, 3.8) is 0 Å². The van der Waals surface area contributed by atoms with Crippen LogP contribution in [0.5, 0.6) is 0 Å². The van der Waals surface area contributed by atoms with Gasteiger partial charge in [-0.05, 0) is 96.6 Å². The van der Waals surface area contributed by atoms with Crippen molar-refractivity contribution in [2.24, 2.45) is 11.8 Å². The Hall–Kier alpha value is -6.02. The molecule has 0 saturated carbocycles. The van der Waals surface area contributed by atoms with Crippen LogP contribution in [0.2, 0.25) is 0 Å². The van der Waals surface area contributed by atoms with Gasteiger partial charge in [-0.3, -0.25) is 4.79 Å². The molecule has 92 heavy (non-hydrogen) atoms. The lowest BCUT2D eigenvalue weighted by atomic mass is 10.2. The summed E-state index contributed by atoms with van der Waals surface area (Å²) >= 11 is 0. The third kappa shape index (κ3) is 473. The summed E-state index contributed by atoms with van der Waals surface area (Å²) < 4.78 is 5.23. The van der Waals surface area contributed by atoms with Gasteiger partial charge in [-0.25, -0.2) is 0 Å². The number of hydrogen-bond acceptors (Lipinski definition) is 21. The summed E-state index contributed by atoms with van der Waals surface area (Å²) in [6.07, 6.45) is 15.3. The van der Waals surface area contributed by atoms with Crippen molar-refractivity contribution in [1.29, 1.82) is 0 Å². The Kier molecular flexibility index (Phi) is 638. The summed E-state index contributed by atoms with van der Waals surface area (Å²) in [7, 11) is 0. The minimum Gasteiger partial charge on any atom is -0.394 e. The van der Waals surface area contributed by atoms with Crippen LogP contribution in [0, 0.1) is 11.8 Å². The van der Waals surface area contributed by atoms with Gasteiger partial charge < -0.3 is 113 Å². The predicted octanol–water partition coefficient (Wildman–Crippen LogP) is 21.5. The van der Waals surface area contributed by atoms with Crippen molar-refractivity contribution in [1.82, 2.24) is 60.3 Å². The number of amides is 1. The van der Waals surface area contributed by atoms with Crippen LogP contribution < -0.4 is 55.4 Å². The zero-order valence-corrected chi connectivity index (χ0v) is 67.3. The predicted molar refractivity (Wildman–Crippen MR) is 429 cm³/mol. The summed E-state index contributed by atoms with van der Waals surface area (Å²) in [6, 6.07) is 20.9. The molecule has 0 radical (unpaired) electrons. The van der Waals surface area contributed by atoms with Gasteiger partial charge in [0.05, 0.1) is 5.60 Å². The van der Waals surface area contributed by atoms with Crippen LogP contribution in [0.1, 0.15) is 257 Å². The first-order chi connectivity index (χ1) is 39.9. The highest BCUT2D eigenvalue weighted by molar-refractivity contribution is 5.73. The number of nitrogens with zero attached hydrogens (tertiary/aromatic N) is 1. The molecule has 2 aromatic carbocycles. The lowest BCUT2D eigenvalue weighted by Gasteiger charge is -2.20. The number of allylic oxidation sites excluding steroid dienone is 2. The number of ether oxygens (including phenoxy) is 1. The Morgan fingerprint density at radius 2 is 0.663 bits per heavy atom. The zero-order chi connectivity index (χ0) is 72.5. The molecule has 0 saturated heterocycles. The number of aliphatic hydroxyl groups is 1. The Labute approximate surface area is 581 Å². The van der Waals surface area contributed by atoms with Crippen LogP contribution in [0.3, 0.4) is 0 Å². The van der Waals surface area contributed by atoms with Gasteiger partial charge in [0.1, 0.15) is 61.1 Å². The van der Waals surface area contributed by atoms with Gasteiger partial charge in [-0.1, -0.05) is 258 Å². The second-order valence-electron chi connectivity index (χ2n) is 14.4. The SMILES string of the molecule is C=O.C=O.C=O.C=O.C=O.C=O.C=O.C=O.C=O.CC.CC.CC.CC.CC.CC.CC.CC(=O)N1CC=CCC1.CC(C)C.CC(C)O.CC/C=C\CC.CCC(C)C.CCOC(C)(C)C.CCc1ccccc1.CCc1ccccc1.N.N.N.N.N.N.N.N.N.[HH].[HH].[HH].[HH]. The van der Waals surface area contributed by atoms with Crippen LogP contribution in [0.25, 0.3) is 0 Å². The molecule has 2 aromatic rings. The number of aryl methyl sites for hydroxylation is 2. The third-order valence-electron chi connectivity index (χ3n) is 6.04. The molecule has 0 fully saturated rings. The normalized spacial score (nSPS) is 7.10. The quantitative estimate of drug-likeness (QED) is 0.120. The van der Waals surface area contributed by atoms with E-state index in [9.17, 15) is 4.79 Å². The van der Waals surface area contributed by atoms with Gasteiger partial charge in [0.2, 0.25) is 5.91 Å². The van der Waals surface area contributed by atoms with Gasteiger partial charge in [0.15, 0.2) is 0 Å². The minimum absolute atomic E-state index is 0. The number of hydrogen-bond donors (Lipinski definition) is 10. The first-order valence-electron chi connectivity index (χ1n) is 29.4. The molecule has 0 atom stereocenters. The molecule has 0 aromatic heterocycles. The van der Waals surface area contributed by atoms with E-state index in [4.69, 9.17) is 53.0 Å². The van der Waals surface area contributed by atoms with Crippen LogP contribution in [-0.2, 0) is 65.5 Å². The second-order valence-corrected chi connectivity index (χ2v) is 14.4. The van der Waals surface area contributed by atoms with Gasteiger partial charge in [0.25, 0.3) is 0 Å². The van der Waals surface area contributed by atoms with Crippen LogP contribution in [-0.4, -0.2) is 108 Å². The molecule has 28 N–H and O–H groups in total. The van der Waals surface area contributed by atoms with Crippen molar-refractivity contribution in [3.05, 3.63) is 96.1 Å². The maximum atomic E-state index is 10.7. The van der Waals surface area contributed by atoms with E-state index in [1.807, 2.05) is 188 Å². The highest BCUT2D eigenvalue weighted by atomic mass is 16.5. The lowest BCUT2D eigenvalue weighted by Crippen LogP contribution is -2.31. The lowest BCUT2D eigenvalue weighted by molar-refractivity contribution is -0.128. The Bertz CT molecular complexity index is 1130. The molecule has 22 nitrogen and oxygen atoms in total. The number of aliphatic hydroxyl groups excluding tert-OH is 1. The first-order valence-corrected chi connectivity index (χ1v) is 29.4. The third-order valence-corrected chi connectivity index (χ3v) is 6.04. The van der Waals surface area contributed by atoms with E-state index in [0.29, 0.717) is 0 Å². The van der Waals surface area contributed by atoms with Crippen LogP contribution >= 0.6 is 0 Å². The fourth-order valence-electron chi connectivity index (χ4n) is 3.12. The van der Waals surface area contributed by atoms with Gasteiger partial charge in [0, 0.05) is 38.4 Å². The summed E-state index contributed by atoms with van der Waals surface area (Å²) in [5.74, 6) is 1.90. The Morgan fingerprint density at radius 3 is 0.739 bits per heavy atom. The monoisotopic (exact) mass is 1360 g/mol. The molecule has 584 valence electrons. The largest absolute Gasteiger partial charge is 0.394 e. The number of carbonyl (C=O) groups excluding carboxylic acids is 10. The van der Waals surface area contributed by atoms with Crippen molar-refractivity contribution in [2.75, 3.05) is 19.7 Å². The van der Waals surface area contributed by atoms with Crippen molar-refractivity contribution in [3.8, 4) is 0 Å². The molecular formula is C70H182N10O12. The fourth-order valence-corrected chi connectivity index (χ4v) is 3.12. The molecule has 1 aliphatic rings. The highest BCUT2D eigenvalue weighted by Gasteiger charge is 2.07.